The summed E-state index contributed by atoms with van der Waals surface area (Å²) in [6.07, 6.45) is 2.12. The van der Waals surface area contributed by atoms with E-state index in [9.17, 15) is 5.26 Å². The molecule has 0 aromatic rings. The van der Waals surface area contributed by atoms with E-state index < -0.39 is 16.5 Å². The zero-order valence-corrected chi connectivity index (χ0v) is 13.4. The quantitative estimate of drug-likeness (QED) is 0.688. The lowest BCUT2D eigenvalue weighted by Gasteiger charge is -2.46. The fourth-order valence-electron chi connectivity index (χ4n) is 2.47. The van der Waals surface area contributed by atoms with Gasteiger partial charge in [0, 0.05) is 0 Å². The SMILES string of the molecule is CCCC(C#N)N([Si](C)(C)C)[Si](C)(C)C. The van der Waals surface area contributed by atoms with Crippen LogP contribution in [0.25, 0.3) is 0 Å². The van der Waals surface area contributed by atoms with Crippen LogP contribution in [-0.4, -0.2) is 26.7 Å². The summed E-state index contributed by atoms with van der Waals surface area (Å²) in [5.74, 6) is 0. The van der Waals surface area contributed by atoms with E-state index in [0.717, 1.165) is 12.8 Å². The summed E-state index contributed by atoms with van der Waals surface area (Å²) in [7, 11) is -2.74. The molecule has 0 spiro atoms. The van der Waals surface area contributed by atoms with Gasteiger partial charge in [0.05, 0.1) is 12.1 Å². The maximum Gasteiger partial charge on any atom is 0.113 e. The molecule has 1 atom stereocenters. The molecule has 15 heavy (non-hydrogen) atoms. The molecule has 0 rings (SSSR count). The zero-order valence-electron chi connectivity index (χ0n) is 11.4. The lowest BCUT2D eigenvalue weighted by atomic mass is 10.2. The minimum atomic E-state index is -1.37. The van der Waals surface area contributed by atoms with Crippen LogP contribution >= 0.6 is 0 Å². The molecule has 0 fully saturated rings. The maximum absolute atomic E-state index is 9.31. The molecule has 0 aromatic heterocycles. The summed E-state index contributed by atoms with van der Waals surface area (Å²) in [4.78, 5) is 0. The Hall–Kier alpha value is -0.116. The largest absolute Gasteiger partial charge is 0.331 e. The highest BCUT2D eigenvalue weighted by Crippen LogP contribution is 2.24. The molecule has 0 radical (unpaired) electrons. The summed E-state index contributed by atoms with van der Waals surface area (Å²) in [6, 6.07) is 2.66. The summed E-state index contributed by atoms with van der Waals surface area (Å²) >= 11 is 0. The van der Waals surface area contributed by atoms with Crippen LogP contribution in [-0.2, 0) is 0 Å². The van der Waals surface area contributed by atoms with Gasteiger partial charge in [0.25, 0.3) is 0 Å². The van der Waals surface area contributed by atoms with Crippen LogP contribution in [0, 0.1) is 11.3 Å². The van der Waals surface area contributed by atoms with Gasteiger partial charge in [-0.15, -0.1) is 0 Å². The minimum Gasteiger partial charge on any atom is -0.331 e. The third-order valence-corrected chi connectivity index (χ3v) is 10.0. The smallest absolute Gasteiger partial charge is 0.113 e. The number of nitrogens with zero attached hydrogens (tertiary/aromatic N) is 2. The van der Waals surface area contributed by atoms with Crippen molar-refractivity contribution in [3.05, 3.63) is 0 Å². The second-order valence-corrected chi connectivity index (χ2v) is 16.2. The molecule has 0 N–H and O–H groups in total. The van der Waals surface area contributed by atoms with Crippen LogP contribution in [0.5, 0.6) is 0 Å². The van der Waals surface area contributed by atoms with Crippen molar-refractivity contribution >= 4 is 16.5 Å². The molecule has 0 aliphatic heterocycles. The van der Waals surface area contributed by atoms with Gasteiger partial charge in [-0.25, -0.2) is 0 Å². The van der Waals surface area contributed by atoms with E-state index in [1.165, 1.54) is 0 Å². The molecule has 0 amide bonds. The lowest BCUT2D eigenvalue weighted by Crippen LogP contribution is -2.62. The number of hydrogen-bond donors (Lipinski definition) is 0. The topological polar surface area (TPSA) is 27.0 Å². The predicted molar refractivity (Wildman–Crippen MR) is 72.8 cm³/mol. The van der Waals surface area contributed by atoms with Crippen LogP contribution in [0.15, 0.2) is 0 Å². The second-order valence-electron chi connectivity index (χ2n) is 6.15. The predicted octanol–water partition coefficient (Wildman–Crippen LogP) is 3.65. The fraction of sp³-hybridized carbons (Fsp3) is 0.909. The highest BCUT2D eigenvalue weighted by atomic mass is 28.4. The van der Waals surface area contributed by atoms with Gasteiger partial charge in [0.2, 0.25) is 0 Å². The molecule has 0 heterocycles. The molecule has 0 saturated carbocycles. The Morgan fingerprint density at radius 3 is 1.67 bits per heavy atom. The molecule has 88 valence electrons. The number of hydrogen-bond acceptors (Lipinski definition) is 2. The molecular weight excluding hydrogens is 216 g/mol. The Kier molecular flexibility index (Phi) is 5.24. The van der Waals surface area contributed by atoms with Gasteiger partial charge >= 0.3 is 0 Å². The molecule has 0 aliphatic carbocycles. The third kappa shape index (κ3) is 4.50. The summed E-state index contributed by atoms with van der Waals surface area (Å²) in [6.45, 7) is 16.3. The Morgan fingerprint density at radius 2 is 1.47 bits per heavy atom. The first kappa shape index (κ1) is 14.9. The molecule has 1 unspecified atom stereocenters. The Bertz CT molecular complexity index is 218. The maximum atomic E-state index is 9.31. The van der Waals surface area contributed by atoms with Gasteiger partial charge < -0.3 is 4.23 Å². The standard InChI is InChI=1S/C11H26N2Si2/c1-8-9-11(10-12)13(14(2,3)4)15(5,6)7/h11H,8-9H2,1-7H3. The first-order valence-electron chi connectivity index (χ1n) is 5.83. The van der Waals surface area contributed by atoms with Crippen LogP contribution < -0.4 is 0 Å². The molecule has 0 saturated heterocycles. The fourth-order valence-corrected chi connectivity index (χ4v) is 12.8. The van der Waals surface area contributed by atoms with Gasteiger partial charge in [0.15, 0.2) is 0 Å². The van der Waals surface area contributed by atoms with Crippen molar-refractivity contribution in [2.75, 3.05) is 0 Å². The van der Waals surface area contributed by atoms with E-state index >= 15 is 0 Å². The number of rotatable bonds is 5. The summed E-state index contributed by atoms with van der Waals surface area (Å²) in [5.41, 5.74) is 0. The number of nitriles is 1. The Balaban J connectivity index is 5.03. The monoisotopic (exact) mass is 242 g/mol. The Labute approximate surface area is 97.5 Å². The van der Waals surface area contributed by atoms with Gasteiger partial charge in [-0.2, -0.15) is 5.26 Å². The van der Waals surface area contributed by atoms with Crippen molar-refractivity contribution in [2.45, 2.75) is 65.1 Å². The van der Waals surface area contributed by atoms with Crippen LogP contribution in [0.4, 0.5) is 0 Å². The van der Waals surface area contributed by atoms with Crippen LogP contribution in [0.3, 0.4) is 0 Å². The second kappa shape index (κ2) is 5.28. The zero-order chi connectivity index (χ0) is 12.3. The average Bonchev–Trinajstić information content (AvgIpc) is 1.98. The molecule has 0 aliphatic rings. The van der Waals surface area contributed by atoms with E-state index in [2.05, 4.69) is 56.5 Å². The van der Waals surface area contributed by atoms with E-state index in [4.69, 9.17) is 0 Å². The molecule has 4 heteroatoms. The van der Waals surface area contributed by atoms with Crippen molar-refractivity contribution in [3.8, 4) is 6.07 Å². The van der Waals surface area contributed by atoms with E-state index in [1.54, 1.807) is 0 Å². The first-order chi connectivity index (χ1) is 6.64. The van der Waals surface area contributed by atoms with Gasteiger partial charge in [-0.1, -0.05) is 52.6 Å². The molecular formula is C11H26N2Si2. The third-order valence-electron chi connectivity index (χ3n) is 2.47. The Morgan fingerprint density at radius 1 is 1.07 bits per heavy atom. The first-order valence-corrected chi connectivity index (χ1v) is 12.7. The van der Waals surface area contributed by atoms with E-state index in [0.29, 0.717) is 0 Å². The van der Waals surface area contributed by atoms with E-state index in [1.807, 2.05) is 0 Å². The average molecular weight is 243 g/mol. The highest BCUT2D eigenvalue weighted by molar-refractivity contribution is 6.89. The van der Waals surface area contributed by atoms with Gasteiger partial charge in [-0.3, -0.25) is 0 Å². The van der Waals surface area contributed by atoms with Crippen LogP contribution in [0.2, 0.25) is 39.3 Å². The minimum absolute atomic E-state index is 0.147. The highest BCUT2D eigenvalue weighted by Gasteiger charge is 2.38. The van der Waals surface area contributed by atoms with Crippen molar-refractivity contribution in [1.82, 2.24) is 4.23 Å². The molecule has 0 aromatic carbocycles. The van der Waals surface area contributed by atoms with Crippen molar-refractivity contribution in [1.29, 1.82) is 5.26 Å². The van der Waals surface area contributed by atoms with E-state index in [-0.39, 0.29) is 6.04 Å². The van der Waals surface area contributed by atoms with Crippen molar-refractivity contribution in [3.63, 3.8) is 0 Å². The van der Waals surface area contributed by atoms with Gasteiger partial charge in [-0.05, 0) is 6.42 Å². The lowest BCUT2D eigenvalue weighted by molar-refractivity contribution is 0.488. The van der Waals surface area contributed by atoms with Gasteiger partial charge in [0.1, 0.15) is 16.5 Å². The van der Waals surface area contributed by atoms with Crippen molar-refractivity contribution < 1.29 is 0 Å². The molecule has 0 bridgehead atoms. The summed E-state index contributed by atoms with van der Waals surface area (Å²) in [5, 5.41) is 9.31. The van der Waals surface area contributed by atoms with Crippen LogP contribution in [0.1, 0.15) is 19.8 Å². The van der Waals surface area contributed by atoms with Crippen molar-refractivity contribution in [2.24, 2.45) is 0 Å². The summed E-state index contributed by atoms with van der Waals surface area (Å²) < 4.78 is 2.60. The molecule has 2 nitrogen and oxygen atoms in total. The normalized spacial score (nSPS) is 15.1.